The molecule has 0 saturated carbocycles. The maximum Gasteiger partial charge on any atom is 0.247 e. The van der Waals surface area contributed by atoms with Crippen molar-refractivity contribution in [3.8, 4) is 0 Å². The second-order valence-electron chi connectivity index (χ2n) is 5.31. The van der Waals surface area contributed by atoms with Gasteiger partial charge >= 0.3 is 0 Å². The van der Waals surface area contributed by atoms with Gasteiger partial charge in [-0.2, -0.15) is 10.1 Å². The van der Waals surface area contributed by atoms with Crippen molar-refractivity contribution in [1.82, 2.24) is 20.1 Å². The molecule has 2 rings (SSSR count). The summed E-state index contributed by atoms with van der Waals surface area (Å²) in [4.78, 5) is 11.5. The highest BCUT2D eigenvalue weighted by atomic mass is 15.4. The number of nitrogens with zero attached hydrogens (tertiary/aromatic N) is 6. The van der Waals surface area contributed by atoms with Crippen molar-refractivity contribution in [2.75, 3.05) is 56.1 Å². The summed E-state index contributed by atoms with van der Waals surface area (Å²) in [6, 6.07) is 0. The molecule has 0 bridgehead atoms. The number of hydrogen-bond donors (Lipinski definition) is 0. The lowest BCUT2D eigenvalue weighted by Gasteiger charge is -2.34. The quantitative estimate of drug-likeness (QED) is 0.780. The molecule has 0 aromatic carbocycles. The summed E-state index contributed by atoms with van der Waals surface area (Å²) in [7, 11) is 2.07. The van der Waals surface area contributed by atoms with E-state index in [0.29, 0.717) is 0 Å². The second-order valence-corrected chi connectivity index (χ2v) is 5.31. The molecule has 0 unspecified atom stereocenters. The van der Waals surface area contributed by atoms with Gasteiger partial charge < -0.3 is 14.7 Å². The van der Waals surface area contributed by atoms with Crippen LogP contribution in [0, 0.1) is 0 Å². The first-order valence-electron chi connectivity index (χ1n) is 7.62. The van der Waals surface area contributed by atoms with Gasteiger partial charge in [-0.25, -0.2) is 0 Å². The normalized spacial score (nSPS) is 16.4. The summed E-state index contributed by atoms with van der Waals surface area (Å²) in [5.74, 6) is 1.68. The van der Waals surface area contributed by atoms with Crippen LogP contribution in [0.5, 0.6) is 0 Å². The van der Waals surface area contributed by atoms with E-state index in [-0.39, 0.29) is 0 Å². The Morgan fingerprint density at radius 1 is 1.20 bits per heavy atom. The molecule has 1 aromatic heterocycles. The van der Waals surface area contributed by atoms with Crippen molar-refractivity contribution in [3.05, 3.63) is 6.20 Å². The van der Waals surface area contributed by atoms with Crippen molar-refractivity contribution in [1.29, 1.82) is 0 Å². The summed E-state index contributed by atoms with van der Waals surface area (Å²) in [5.41, 5.74) is 0. The minimum Gasteiger partial charge on any atom is -0.358 e. The average Bonchev–Trinajstić information content (AvgIpc) is 2.52. The molecule has 20 heavy (non-hydrogen) atoms. The van der Waals surface area contributed by atoms with E-state index in [1.807, 2.05) is 0 Å². The lowest BCUT2D eigenvalue weighted by molar-refractivity contribution is 0.269. The number of aromatic nitrogens is 3. The van der Waals surface area contributed by atoms with Crippen molar-refractivity contribution in [3.63, 3.8) is 0 Å². The van der Waals surface area contributed by atoms with Gasteiger partial charge in [-0.05, 0) is 13.0 Å². The first kappa shape index (κ1) is 15.0. The molecule has 0 N–H and O–H groups in total. The highest BCUT2D eigenvalue weighted by Crippen LogP contribution is 2.14. The third kappa shape index (κ3) is 3.79. The largest absolute Gasteiger partial charge is 0.358 e. The van der Waals surface area contributed by atoms with E-state index in [2.05, 4.69) is 50.8 Å². The Balaban J connectivity index is 1.99. The smallest absolute Gasteiger partial charge is 0.247 e. The number of rotatable bonds is 6. The van der Waals surface area contributed by atoms with E-state index in [4.69, 9.17) is 0 Å². The fourth-order valence-electron chi connectivity index (χ4n) is 2.38. The maximum atomic E-state index is 4.66. The number of unbranched alkanes of at least 4 members (excludes halogenated alkanes) is 1. The predicted octanol–water partition coefficient (Wildman–Crippen LogP) is 1.25. The van der Waals surface area contributed by atoms with E-state index >= 15 is 0 Å². The molecule has 1 saturated heterocycles. The zero-order valence-electron chi connectivity index (χ0n) is 12.9. The molecule has 2 heterocycles. The first-order valence-corrected chi connectivity index (χ1v) is 7.62. The van der Waals surface area contributed by atoms with Crippen molar-refractivity contribution < 1.29 is 0 Å². The Kier molecular flexibility index (Phi) is 5.52. The molecule has 112 valence electrons. The van der Waals surface area contributed by atoms with Gasteiger partial charge in [0.15, 0.2) is 5.82 Å². The topological polar surface area (TPSA) is 48.4 Å². The summed E-state index contributed by atoms with van der Waals surface area (Å²) in [5, 5.41) is 8.31. The fourth-order valence-corrected chi connectivity index (χ4v) is 2.38. The van der Waals surface area contributed by atoms with E-state index in [9.17, 15) is 0 Å². The maximum absolute atomic E-state index is 4.66. The van der Waals surface area contributed by atoms with Crippen LogP contribution in [0.2, 0.25) is 0 Å². The van der Waals surface area contributed by atoms with E-state index < -0.39 is 0 Å². The van der Waals surface area contributed by atoms with Gasteiger partial charge in [-0.1, -0.05) is 20.3 Å². The second kappa shape index (κ2) is 7.38. The van der Waals surface area contributed by atoms with Crippen LogP contribution >= 0.6 is 0 Å². The standard InChI is InChI=1S/C14H26N6/c1-4-6-7-18(3)13-12-15-17-14(16-13)20-10-8-19(5-2)9-11-20/h12H,4-11H2,1-3H3. The molecule has 1 aliphatic rings. The van der Waals surface area contributed by atoms with Gasteiger partial charge in [-0.3, -0.25) is 0 Å². The lowest BCUT2D eigenvalue weighted by Crippen LogP contribution is -2.46. The third-order valence-corrected chi connectivity index (χ3v) is 3.88. The molecule has 6 nitrogen and oxygen atoms in total. The van der Waals surface area contributed by atoms with E-state index in [1.54, 1.807) is 6.20 Å². The summed E-state index contributed by atoms with van der Waals surface area (Å²) in [6.07, 6.45) is 4.11. The van der Waals surface area contributed by atoms with E-state index in [0.717, 1.165) is 51.0 Å². The summed E-state index contributed by atoms with van der Waals surface area (Å²) in [6.45, 7) is 10.7. The van der Waals surface area contributed by atoms with E-state index in [1.165, 1.54) is 12.8 Å². The molecule has 0 spiro atoms. The number of anilines is 2. The molecular formula is C14H26N6. The predicted molar refractivity (Wildman–Crippen MR) is 82.3 cm³/mol. The Morgan fingerprint density at radius 3 is 2.60 bits per heavy atom. The highest BCUT2D eigenvalue weighted by molar-refractivity contribution is 5.41. The summed E-state index contributed by atoms with van der Waals surface area (Å²) >= 11 is 0. The minimum absolute atomic E-state index is 0.765. The minimum atomic E-state index is 0.765. The average molecular weight is 278 g/mol. The summed E-state index contributed by atoms with van der Waals surface area (Å²) < 4.78 is 0. The monoisotopic (exact) mass is 278 g/mol. The number of likely N-dealkylation sites (N-methyl/N-ethyl adjacent to an activating group) is 1. The van der Waals surface area contributed by atoms with Gasteiger partial charge in [-0.15, -0.1) is 5.10 Å². The number of hydrogen-bond acceptors (Lipinski definition) is 6. The van der Waals surface area contributed by atoms with Crippen LogP contribution in [-0.4, -0.2) is 66.4 Å². The van der Waals surface area contributed by atoms with Gasteiger partial charge in [0, 0.05) is 39.8 Å². The Morgan fingerprint density at radius 2 is 1.95 bits per heavy atom. The molecule has 0 amide bonds. The van der Waals surface area contributed by atoms with Crippen LogP contribution in [0.3, 0.4) is 0 Å². The molecule has 1 aromatic rings. The molecular weight excluding hydrogens is 252 g/mol. The Hall–Kier alpha value is -1.43. The lowest BCUT2D eigenvalue weighted by atomic mass is 10.3. The molecule has 0 aliphatic carbocycles. The molecule has 1 aliphatic heterocycles. The molecule has 1 fully saturated rings. The zero-order chi connectivity index (χ0) is 14.4. The van der Waals surface area contributed by atoms with Crippen molar-refractivity contribution in [2.45, 2.75) is 26.7 Å². The SMILES string of the molecule is CCCCN(C)c1cnnc(N2CCN(CC)CC2)n1. The zero-order valence-corrected chi connectivity index (χ0v) is 12.9. The van der Waals surface area contributed by atoms with Crippen LogP contribution in [-0.2, 0) is 0 Å². The first-order chi connectivity index (χ1) is 9.74. The van der Waals surface area contributed by atoms with Crippen LogP contribution in [0.25, 0.3) is 0 Å². The van der Waals surface area contributed by atoms with Crippen LogP contribution < -0.4 is 9.80 Å². The van der Waals surface area contributed by atoms with Crippen LogP contribution in [0.1, 0.15) is 26.7 Å². The van der Waals surface area contributed by atoms with Crippen molar-refractivity contribution >= 4 is 11.8 Å². The van der Waals surface area contributed by atoms with Gasteiger partial charge in [0.1, 0.15) is 0 Å². The fraction of sp³-hybridized carbons (Fsp3) is 0.786. The van der Waals surface area contributed by atoms with Gasteiger partial charge in [0.05, 0.1) is 6.20 Å². The van der Waals surface area contributed by atoms with Crippen LogP contribution in [0.4, 0.5) is 11.8 Å². The van der Waals surface area contributed by atoms with Gasteiger partial charge in [0.25, 0.3) is 0 Å². The number of piperazine rings is 1. The molecule has 6 heteroatoms. The van der Waals surface area contributed by atoms with Crippen molar-refractivity contribution in [2.24, 2.45) is 0 Å². The molecule has 0 atom stereocenters. The van der Waals surface area contributed by atoms with Gasteiger partial charge in [0.2, 0.25) is 5.95 Å². The Labute approximate surface area is 121 Å². The highest BCUT2D eigenvalue weighted by Gasteiger charge is 2.18. The third-order valence-electron chi connectivity index (χ3n) is 3.88. The van der Waals surface area contributed by atoms with Crippen LogP contribution in [0.15, 0.2) is 6.20 Å². The molecule has 0 radical (unpaired) electrons. The Bertz CT molecular complexity index is 402.